The van der Waals surface area contributed by atoms with Crippen molar-refractivity contribution in [2.75, 3.05) is 0 Å². The van der Waals surface area contributed by atoms with Gasteiger partial charge in [0.25, 0.3) is 0 Å². The first-order chi connectivity index (χ1) is 8.65. The monoisotopic (exact) mass is 255 g/mol. The van der Waals surface area contributed by atoms with E-state index in [1.165, 1.54) is 25.7 Å². The molecule has 0 aliphatic heterocycles. The van der Waals surface area contributed by atoms with Crippen molar-refractivity contribution in [1.29, 1.82) is 0 Å². The molecule has 18 heavy (non-hydrogen) atoms. The Balaban J connectivity index is 1.91. The summed E-state index contributed by atoms with van der Waals surface area (Å²) >= 11 is 0. The molecule has 4 heteroatoms. The molecule has 1 fully saturated rings. The third-order valence-electron chi connectivity index (χ3n) is 3.45. The first kappa shape index (κ1) is 13.3. The summed E-state index contributed by atoms with van der Waals surface area (Å²) in [6.07, 6.45) is 5.06. The van der Waals surface area contributed by atoms with E-state index in [2.05, 4.69) is 17.0 Å². The summed E-state index contributed by atoms with van der Waals surface area (Å²) < 4.78 is 28.4. The summed E-state index contributed by atoms with van der Waals surface area (Å²) in [6.45, 7) is -0.661. The molecule has 100 valence electrons. The maximum atomic E-state index is 12.0. The zero-order valence-corrected chi connectivity index (χ0v) is 10.5. The maximum absolute atomic E-state index is 12.0. The molecule has 0 aromatic heterocycles. The van der Waals surface area contributed by atoms with Gasteiger partial charge in [-0.15, -0.1) is 0 Å². The lowest BCUT2D eigenvalue weighted by Gasteiger charge is -2.19. The molecule has 1 unspecified atom stereocenters. The minimum Gasteiger partial charge on any atom is -0.435 e. The lowest BCUT2D eigenvalue weighted by molar-refractivity contribution is -0.0498. The zero-order valence-electron chi connectivity index (χ0n) is 10.5. The first-order valence-corrected chi connectivity index (χ1v) is 6.46. The molecule has 0 saturated heterocycles. The van der Waals surface area contributed by atoms with Gasteiger partial charge < -0.3 is 10.1 Å². The number of alkyl halides is 2. The quantitative estimate of drug-likeness (QED) is 0.862. The summed E-state index contributed by atoms with van der Waals surface area (Å²) in [6, 6.07) is 7.70. The van der Waals surface area contributed by atoms with E-state index in [-0.39, 0.29) is 11.8 Å². The van der Waals surface area contributed by atoms with Gasteiger partial charge in [0, 0.05) is 12.1 Å². The molecule has 2 nitrogen and oxygen atoms in total. The smallest absolute Gasteiger partial charge is 0.387 e. The summed E-state index contributed by atoms with van der Waals surface area (Å²) in [5.74, 6) is 0.210. The van der Waals surface area contributed by atoms with Crippen LogP contribution in [0.25, 0.3) is 0 Å². The lowest BCUT2D eigenvalue weighted by Crippen LogP contribution is -2.28. The average molecular weight is 255 g/mol. The Morgan fingerprint density at radius 3 is 2.33 bits per heavy atom. The van der Waals surface area contributed by atoms with Gasteiger partial charge in [-0.05, 0) is 37.5 Å². The Kier molecular flexibility index (Phi) is 4.53. The second-order valence-corrected chi connectivity index (χ2v) is 4.82. The largest absolute Gasteiger partial charge is 0.435 e. The Bertz CT molecular complexity index is 361. The second kappa shape index (κ2) is 6.14. The number of halogens is 2. The van der Waals surface area contributed by atoms with Crippen molar-refractivity contribution in [3.8, 4) is 5.75 Å². The molecule has 0 radical (unpaired) electrons. The predicted molar refractivity (Wildman–Crippen MR) is 66.9 cm³/mol. The van der Waals surface area contributed by atoms with Gasteiger partial charge in [0.2, 0.25) is 0 Å². The molecule has 1 aliphatic carbocycles. The minimum atomic E-state index is -2.76. The molecular formula is C14H19F2NO. The van der Waals surface area contributed by atoms with Crippen molar-refractivity contribution in [3.05, 3.63) is 29.8 Å². The SMILES string of the molecule is CC(NC1CCCC1)c1ccc(OC(F)F)cc1. The van der Waals surface area contributed by atoms with Crippen molar-refractivity contribution in [2.45, 2.75) is 51.3 Å². The molecule has 1 aromatic carbocycles. The molecule has 1 aromatic rings. The number of hydrogen-bond donors (Lipinski definition) is 1. The molecule has 0 spiro atoms. The van der Waals surface area contributed by atoms with Gasteiger partial charge in [-0.3, -0.25) is 0 Å². The summed E-state index contributed by atoms with van der Waals surface area (Å²) in [5, 5.41) is 3.57. The third-order valence-corrected chi connectivity index (χ3v) is 3.45. The van der Waals surface area contributed by atoms with Crippen molar-refractivity contribution in [1.82, 2.24) is 5.32 Å². The van der Waals surface area contributed by atoms with Crippen LogP contribution >= 0.6 is 0 Å². The summed E-state index contributed by atoms with van der Waals surface area (Å²) in [5.41, 5.74) is 1.10. The number of rotatable bonds is 5. The Hall–Kier alpha value is -1.16. The van der Waals surface area contributed by atoms with Crippen molar-refractivity contribution in [2.24, 2.45) is 0 Å². The highest BCUT2D eigenvalue weighted by Gasteiger charge is 2.17. The van der Waals surface area contributed by atoms with Gasteiger partial charge in [-0.1, -0.05) is 25.0 Å². The highest BCUT2D eigenvalue weighted by Crippen LogP contribution is 2.23. The highest BCUT2D eigenvalue weighted by atomic mass is 19.3. The van der Waals surface area contributed by atoms with Crippen LogP contribution in [0.4, 0.5) is 8.78 Å². The predicted octanol–water partition coefficient (Wildman–Crippen LogP) is 3.88. The first-order valence-electron chi connectivity index (χ1n) is 6.46. The zero-order chi connectivity index (χ0) is 13.0. The van der Waals surface area contributed by atoms with E-state index in [0.29, 0.717) is 6.04 Å². The van der Waals surface area contributed by atoms with Crippen LogP contribution in [0.2, 0.25) is 0 Å². The van der Waals surface area contributed by atoms with E-state index >= 15 is 0 Å². The van der Waals surface area contributed by atoms with Crippen LogP contribution in [0.1, 0.15) is 44.2 Å². The molecule has 1 N–H and O–H groups in total. The number of nitrogens with one attached hydrogen (secondary N) is 1. The third kappa shape index (κ3) is 3.67. The van der Waals surface area contributed by atoms with Crippen molar-refractivity contribution in [3.63, 3.8) is 0 Å². The van der Waals surface area contributed by atoms with Gasteiger partial charge >= 0.3 is 6.61 Å². The van der Waals surface area contributed by atoms with Gasteiger partial charge in [-0.25, -0.2) is 0 Å². The Morgan fingerprint density at radius 1 is 1.17 bits per heavy atom. The fourth-order valence-electron chi connectivity index (χ4n) is 2.48. The summed E-state index contributed by atoms with van der Waals surface area (Å²) in [7, 11) is 0. The van der Waals surface area contributed by atoms with Crippen LogP contribution in [0.5, 0.6) is 5.75 Å². The molecule has 0 heterocycles. The number of benzene rings is 1. The topological polar surface area (TPSA) is 21.3 Å². The van der Waals surface area contributed by atoms with E-state index in [1.807, 2.05) is 12.1 Å². The lowest BCUT2D eigenvalue weighted by atomic mass is 10.1. The minimum absolute atomic E-state index is 0.210. The molecule has 1 aliphatic rings. The van der Waals surface area contributed by atoms with Gasteiger partial charge in [-0.2, -0.15) is 8.78 Å². The van der Waals surface area contributed by atoms with E-state index in [4.69, 9.17) is 0 Å². The van der Waals surface area contributed by atoms with E-state index in [9.17, 15) is 8.78 Å². The van der Waals surface area contributed by atoms with Crippen LogP contribution in [0, 0.1) is 0 Å². The molecule has 0 bridgehead atoms. The van der Waals surface area contributed by atoms with Gasteiger partial charge in [0.1, 0.15) is 5.75 Å². The van der Waals surface area contributed by atoms with E-state index in [1.54, 1.807) is 12.1 Å². The summed E-state index contributed by atoms with van der Waals surface area (Å²) in [4.78, 5) is 0. The number of ether oxygens (including phenoxy) is 1. The molecule has 0 amide bonds. The number of hydrogen-bond acceptors (Lipinski definition) is 2. The van der Waals surface area contributed by atoms with Crippen molar-refractivity contribution >= 4 is 0 Å². The standard InChI is InChI=1S/C14H19F2NO/c1-10(17-12-4-2-3-5-12)11-6-8-13(9-7-11)18-14(15)16/h6-10,12,14,17H,2-5H2,1H3. The Morgan fingerprint density at radius 2 is 1.78 bits per heavy atom. The van der Waals surface area contributed by atoms with Crippen molar-refractivity contribution < 1.29 is 13.5 Å². The van der Waals surface area contributed by atoms with Crippen LogP contribution in [-0.2, 0) is 0 Å². The van der Waals surface area contributed by atoms with Crippen LogP contribution in [-0.4, -0.2) is 12.7 Å². The molecular weight excluding hydrogens is 236 g/mol. The normalized spacial score (nSPS) is 18.2. The Labute approximate surface area is 106 Å². The molecule has 1 atom stereocenters. The van der Waals surface area contributed by atoms with E-state index < -0.39 is 6.61 Å². The second-order valence-electron chi connectivity index (χ2n) is 4.82. The molecule has 2 rings (SSSR count). The fraction of sp³-hybridized carbons (Fsp3) is 0.571. The fourth-order valence-corrected chi connectivity index (χ4v) is 2.48. The van der Waals surface area contributed by atoms with Crippen LogP contribution in [0.15, 0.2) is 24.3 Å². The van der Waals surface area contributed by atoms with E-state index in [0.717, 1.165) is 5.56 Å². The van der Waals surface area contributed by atoms with Crippen LogP contribution < -0.4 is 10.1 Å². The highest BCUT2D eigenvalue weighted by molar-refractivity contribution is 5.29. The van der Waals surface area contributed by atoms with Gasteiger partial charge in [0.15, 0.2) is 0 Å². The maximum Gasteiger partial charge on any atom is 0.387 e. The van der Waals surface area contributed by atoms with Gasteiger partial charge in [0.05, 0.1) is 0 Å². The average Bonchev–Trinajstić information content (AvgIpc) is 2.82. The van der Waals surface area contributed by atoms with Crippen LogP contribution in [0.3, 0.4) is 0 Å². The molecule has 1 saturated carbocycles.